The zero-order chi connectivity index (χ0) is 31.5. The minimum absolute atomic E-state index is 0.0121. The zero-order valence-electron chi connectivity index (χ0n) is 27.0. The van der Waals surface area contributed by atoms with Gasteiger partial charge in [0.25, 0.3) is 0 Å². The largest absolute Gasteiger partial charge is 0.387 e. The Morgan fingerprint density at radius 3 is 2.26 bits per heavy atom. The van der Waals surface area contributed by atoms with Gasteiger partial charge in [-0.2, -0.15) is 0 Å². The Bertz CT molecular complexity index is 1100. The number of hydrogen-bond acceptors (Lipinski definition) is 4. The van der Waals surface area contributed by atoms with Gasteiger partial charge in [-0.1, -0.05) is 75.0 Å². The fourth-order valence-electron chi connectivity index (χ4n) is 5.07. The van der Waals surface area contributed by atoms with Crippen molar-refractivity contribution in [2.75, 3.05) is 26.0 Å². The van der Waals surface area contributed by atoms with Crippen LogP contribution in [0.2, 0.25) is 0 Å². The molecule has 1 saturated heterocycles. The molecule has 0 aromatic rings. The number of hydrogen-bond donors (Lipinski definition) is 2. The van der Waals surface area contributed by atoms with Gasteiger partial charge < -0.3 is 10.8 Å². The molecule has 1 fully saturated rings. The molecule has 3 N–H and O–H groups in total. The molecule has 1 unspecified atom stereocenters. The number of amidine groups is 1. The lowest BCUT2D eigenvalue weighted by Gasteiger charge is -2.36. The van der Waals surface area contributed by atoms with Crippen molar-refractivity contribution in [2.45, 2.75) is 79.4 Å². The SMILES string of the molecule is C=CC(C=C)/C(=C\CC)C(=NC)/C(=C/C(=CCCCl)N=C(N)C1CCN(C(O)C(C=CC=CC)=C(C)CC)CC1)CC. The highest BCUT2D eigenvalue weighted by molar-refractivity contribution is 6.18. The van der Waals surface area contributed by atoms with Gasteiger partial charge in [-0.3, -0.25) is 9.89 Å². The van der Waals surface area contributed by atoms with E-state index >= 15 is 0 Å². The molecule has 42 heavy (non-hydrogen) atoms. The summed E-state index contributed by atoms with van der Waals surface area (Å²) in [5, 5.41) is 11.2. The molecule has 0 radical (unpaired) electrons. The minimum Gasteiger partial charge on any atom is -0.387 e. The zero-order valence-corrected chi connectivity index (χ0v) is 27.7. The van der Waals surface area contributed by atoms with E-state index in [1.54, 1.807) is 0 Å². The lowest BCUT2D eigenvalue weighted by atomic mass is 9.88. The van der Waals surface area contributed by atoms with Crippen molar-refractivity contribution in [1.82, 2.24) is 4.90 Å². The number of aliphatic imine (C=N–C) groups is 2. The first kappa shape index (κ1) is 37.3. The highest BCUT2D eigenvalue weighted by Crippen LogP contribution is 2.26. The molecular weight excluding hydrogens is 540 g/mol. The molecule has 1 heterocycles. The molecule has 1 atom stereocenters. The van der Waals surface area contributed by atoms with Gasteiger partial charge in [0.05, 0.1) is 11.4 Å². The number of likely N-dealkylation sites (tertiary alicyclic amines) is 1. The standard InChI is InChI=1S/C36H55ClN4O/c1-9-15-16-20-32(27(7)11-3)36(42)41-24-21-30(22-25-41)35(38)40-31(19-17-23-37)26-29(14-6)34(39-8)33(18-10-2)28(12-4)13-5/h9,12-13,15-16,18-20,26,28,30,36,42H,4-5,10-11,14,17,21-25H2,1-3,6-8H3,(H2,38,40)/b15-9?,20-16?,29-26+,31-19?,32-27?,33-18+,39-34?. The van der Waals surface area contributed by atoms with E-state index in [9.17, 15) is 5.11 Å². The van der Waals surface area contributed by atoms with Gasteiger partial charge in [0.2, 0.25) is 0 Å². The lowest BCUT2D eigenvalue weighted by molar-refractivity contribution is 0.0163. The molecule has 1 aliphatic heterocycles. The lowest BCUT2D eigenvalue weighted by Crippen LogP contribution is -2.44. The first-order valence-corrected chi connectivity index (χ1v) is 15.9. The summed E-state index contributed by atoms with van der Waals surface area (Å²) in [7, 11) is 1.83. The summed E-state index contributed by atoms with van der Waals surface area (Å²) in [5.74, 6) is 1.29. The third-order valence-corrected chi connectivity index (χ3v) is 7.91. The topological polar surface area (TPSA) is 74.2 Å². The van der Waals surface area contributed by atoms with Crippen molar-refractivity contribution < 1.29 is 5.11 Å². The monoisotopic (exact) mass is 594 g/mol. The van der Waals surface area contributed by atoms with Crippen LogP contribution in [0.1, 0.15) is 73.1 Å². The van der Waals surface area contributed by atoms with E-state index < -0.39 is 6.23 Å². The van der Waals surface area contributed by atoms with Crippen LogP contribution in [-0.4, -0.2) is 53.8 Å². The van der Waals surface area contributed by atoms with Gasteiger partial charge in [-0.05, 0) is 75.2 Å². The summed E-state index contributed by atoms with van der Waals surface area (Å²) < 4.78 is 0. The van der Waals surface area contributed by atoms with Crippen molar-refractivity contribution in [3.63, 3.8) is 0 Å². The van der Waals surface area contributed by atoms with Crippen LogP contribution in [0.15, 0.2) is 106 Å². The summed E-state index contributed by atoms with van der Waals surface area (Å²) in [6, 6.07) is 0. The van der Waals surface area contributed by atoms with Crippen LogP contribution >= 0.6 is 11.6 Å². The number of piperidine rings is 1. The van der Waals surface area contributed by atoms with Crippen LogP contribution in [0, 0.1) is 11.8 Å². The maximum absolute atomic E-state index is 11.2. The summed E-state index contributed by atoms with van der Waals surface area (Å²) in [5.41, 5.74) is 12.7. The minimum atomic E-state index is -0.633. The van der Waals surface area contributed by atoms with Crippen molar-refractivity contribution in [1.29, 1.82) is 0 Å². The number of rotatable bonds is 17. The Morgan fingerprint density at radius 2 is 1.76 bits per heavy atom. The van der Waals surface area contributed by atoms with E-state index in [0.717, 1.165) is 73.3 Å². The van der Waals surface area contributed by atoms with Gasteiger partial charge in [-0.15, -0.1) is 24.8 Å². The highest BCUT2D eigenvalue weighted by Gasteiger charge is 2.27. The van der Waals surface area contributed by atoms with Crippen LogP contribution in [0.25, 0.3) is 0 Å². The van der Waals surface area contributed by atoms with Crippen LogP contribution in [0.5, 0.6) is 0 Å². The van der Waals surface area contributed by atoms with E-state index in [0.29, 0.717) is 18.1 Å². The summed E-state index contributed by atoms with van der Waals surface area (Å²) >= 11 is 6.06. The quantitative estimate of drug-likeness (QED) is 0.0583. The van der Waals surface area contributed by atoms with Gasteiger partial charge in [0, 0.05) is 37.9 Å². The molecular formula is C36H55ClN4O. The molecule has 0 aromatic carbocycles. The maximum Gasteiger partial charge on any atom is 0.133 e. The smallest absolute Gasteiger partial charge is 0.133 e. The number of nitrogens with zero attached hydrogens (tertiary/aromatic N) is 3. The highest BCUT2D eigenvalue weighted by atomic mass is 35.5. The Labute approximate surface area is 261 Å². The van der Waals surface area contributed by atoms with Crippen molar-refractivity contribution in [3.8, 4) is 0 Å². The molecule has 0 spiro atoms. The average Bonchev–Trinajstić information content (AvgIpc) is 3.01. The molecule has 232 valence electrons. The molecule has 1 aliphatic rings. The maximum atomic E-state index is 11.2. The van der Waals surface area contributed by atoms with E-state index in [1.807, 2.05) is 56.5 Å². The van der Waals surface area contributed by atoms with E-state index in [1.165, 1.54) is 5.57 Å². The van der Waals surface area contributed by atoms with E-state index in [-0.39, 0.29) is 11.8 Å². The summed E-state index contributed by atoms with van der Waals surface area (Å²) in [6.45, 7) is 20.0. The molecule has 0 aliphatic carbocycles. The fraction of sp³-hybridized carbons (Fsp3) is 0.500. The third-order valence-electron chi connectivity index (χ3n) is 7.69. The number of nitrogens with two attached hydrogens (primary N) is 1. The second-order valence-corrected chi connectivity index (χ2v) is 10.8. The second kappa shape index (κ2) is 21.0. The second-order valence-electron chi connectivity index (χ2n) is 10.5. The summed E-state index contributed by atoms with van der Waals surface area (Å²) in [4.78, 5) is 11.8. The normalized spacial score (nSPS) is 18.7. The molecule has 1 rings (SSSR count). The predicted octanol–water partition coefficient (Wildman–Crippen LogP) is 8.48. The number of halogens is 1. The number of aliphatic hydroxyl groups is 1. The van der Waals surface area contributed by atoms with Crippen molar-refractivity contribution >= 4 is 23.1 Å². The summed E-state index contributed by atoms with van der Waals surface area (Å²) in [6.07, 6.45) is 22.4. The molecule has 5 nitrogen and oxygen atoms in total. The van der Waals surface area contributed by atoms with Gasteiger partial charge in [0.1, 0.15) is 12.1 Å². The van der Waals surface area contributed by atoms with Crippen LogP contribution < -0.4 is 5.73 Å². The first-order chi connectivity index (χ1) is 20.3. The van der Waals surface area contributed by atoms with E-state index in [4.69, 9.17) is 22.3 Å². The molecule has 0 aromatic heterocycles. The molecule has 0 bridgehead atoms. The molecule has 0 amide bonds. The number of allylic oxidation sites excluding steroid dienone is 11. The fourth-order valence-corrected chi connectivity index (χ4v) is 5.18. The van der Waals surface area contributed by atoms with Crippen molar-refractivity contribution in [2.24, 2.45) is 27.6 Å². The third kappa shape index (κ3) is 11.5. The van der Waals surface area contributed by atoms with Crippen LogP contribution in [-0.2, 0) is 0 Å². The first-order valence-electron chi connectivity index (χ1n) is 15.4. The Balaban J connectivity index is 3.26. The van der Waals surface area contributed by atoms with Gasteiger partial charge in [-0.25, -0.2) is 4.99 Å². The molecule has 0 saturated carbocycles. The Hall–Kier alpha value is -2.73. The van der Waals surface area contributed by atoms with Crippen molar-refractivity contribution in [3.05, 3.63) is 95.8 Å². The average molecular weight is 595 g/mol. The number of aliphatic hydroxyl groups excluding tert-OH is 1. The van der Waals surface area contributed by atoms with Gasteiger partial charge >= 0.3 is 0 Å². The van der Waals surface area contributed by atoms with Crippen LogP contribution in [0.3, 0.4) is 0 Å². The van der Waals surface area contributed by atoms with Crippen LogP contribution in [0.4, 0.5) is 0 Å². The Kier molecular flexibility index (Phi) is 18.7. The Morgan fingerprint density at radius 1 is 1.10 bits per heavy atom. The molecule has 6 heteroatoms. The van der Waals surface area contributed by atoms with E-state index in [2.05, 4.69) is 62.9 Å². The van der Waals surface area contributed by atoms with Gasteiger partial charge in [0.15, 0.2) is 0 Å². The predicted molar refractivity (Wildman–Crippen MR) is 186 cm³/mol. The number of alkyl halides is 1.